The predicted molar refractivity (Wildman–Crippen MR) is 182 cm³/mol. The van der Waals surface area contributed by atoms with Crippen LogP contribution in [-0.2, 0) is 23.9 Å². The molecule has 0 aliphatic carbocycles. The molecule has 1 aromatic carbocycles. The summed E-state index contributed by atoms with van der Waals surface area (Å²) >= 11 is 0. The number of likely N-dealkylation sites (N-methyl/N-ethyl adjacent to an activating group) is 1. The average Bonchev–Trinajstić information content (AvgIpc) is 3.54. The van der Waals surface area contributed by atoms with E-state index in [1.165, 1.54) is 0 Å². The molecule has 1 unspecified atom stereocenters. The Kier molecular flexibility index (Phi) is 13.8. The Labute approximate surface area is 277 Å². The third-order valence-electron chi connectivity index (χ3n) is 9.56. The second kappa shape index (κ2) is 17.1. The fourth-order valence-electron chi connectivity index (χ4n) is 6.82. The zero-order valence-corrected chi connectivity index (χ0v) is 29.6. The molecular weight excluding hydrogens is 580 g/mol. The number of benzene rings is 1. The summed E-state index contributed by atoms with van der Waals surface area (Å²) in [4.78, 5) is 60.1. The largest absolute Gasteiger partial charge is 0.456 e. The highest BCUT2D eigenvalue weighted by molar-refractivity contribution is 5.96. The maximum Gasteiger partial charge on any atom is 0.329 e. The van der Waals surface area contributed by atoms with Crippen molar-refractivity contribution in [1.29, 1.82) is 0 Å². The molecule has 0 aromatic heterocycles. The number of hydrogen-bond acceptors (Lipinski definition) is 6. The van der Waals surface area contributed by atoms with Gasteiger partial charge in [-0.1, -0.05) is 77.4 Å². The number of carbonyl (C=O) groups excluding carboxylic acids is 4. The van der Waals surface area contributed by atoms with Crippen molar-refractivity contribution in [2.24, 2.45) is 11.8 Å². The smallest absolute Gasteiger partial charge is 0.329 e. The number of nitrogens with zero attached hydrogens (tertiary/aromatic N) is 3. The number of esters is 1. The molecule has 2 fully saturated rings. The molecule has 2 aliphatic heterocycles. The van der Waals surface area contributed by atoms with Gasteiger partial charge in [-0.25, -0.2) is 4.79 Å². The minimum atomic E-state index is -0.687. The number of likely N-dealkylation sites (tertiary alicyclic amines) is 2. The number of amides is 3. The van der Waals surface area contributed by atoms with Crippen LogP contribution >= 0.6 is 0 Å². The van der Waals surface area contributed by atoms with Gasteiger partial charge in [0, 0.05) is 25.2 Å². The van der Waals surface area contributed by atoms with Crippen LogP contribution in [0, 0.1) is 11.8 Å². The molecule has 9 nitrogen and oxygen atoms in total. The van der Waals surface area contributed by atoms with Gasteiger partial charge in [0.15, 0.2) is 0 Å². The molecule has 46 heavy (non-hydrogen) atoms. The minimum absolute atomic E-state index is 0.00511. The Morgan fingerprint density at radius 3 is 2.17 bits per heavy atom. The Morgan fingerprint density at radius 1 is 0.935 bits per heavy atom. The van der Waals surface area contributed by atoms with Crippen molar-refractivity contribution in [3.63, 3.8) is 0 Å². The van der Waals surface area contributed by atoms with E-state index in [9.17, 15) is 19.2 Å². The number of rotatable bonds is 13. The van der Waals surface area contributed by atoms with Crippen molar-refractivity contribution >= 4 is 23.7 Å². The molecule has 256 valence electrons. The van der Waals surface area contributed by atoms with E-state index >= 15 is 0 Å². The first-order chi connectivity index (χ1) is 21.8. The van der Waals surface area contributed by atoms with Crippen LogP contribution in [0.3, 0.4) is 0 Å². The summed E-state index contributed by atoms with van der Waals surface area (Å²) in [7, 11) is 1.74. The fourth-order valence-corrected chi connectivity index (χ4v) is 6.82. The molecule has 5 atom stereocenters. The van der Waals surface area contributed by atoms with Crippen molar-refractivity contribution in [1.82, 2.24) is 20.0 Å². The molecule has 0 spiro atoms. The molecule has 2 saturated heterocycles. The summed E-state index contributed by atoms with van der Waals surface area (Å²) in [6, 6.07) is 7.96. The van der Waals surface area contributed by atoms with E-state index in [-0.39, 0.29) is 59.8 Å². The Morgan fingerprint density at radius 2 is 1.59 bits per heavy atom. The van der Waals surface area contributed by atoms with Gasteiger partial charge in [-0.2, -0.15) is 0 Å². The lowest BCUT2D eigenvalue weighted by Crippen LogP contribution is -2.58. The number of carbonyl (C=O) groups is 4. The normalized spacial score (nSPS) is 21.3. The van der Waals surface area contributed by atoms with Crippen molar-refractivity contribution < 1.29 is 23.9 Å². The highest BCUT2D eigenvalue weighted by Crippen LogP contribution is 2.27. The fraction of sp³-hybridized carbons (Fsp3) is 0.676. The van der Waals surface area contributed by atoms with Crippen molar-refractivity contribution in [3.8, 4) is 0 Å². The Bertz CT molecular complexity index is 1210. The van der Waals surface area contributed by atoms with Crippen LogP contribution in [0.4, 0.5) is 0 Å². The summed E-state index contributed by atoms with van der Waals surface area (Å²) < 4.78 is 5.92. The van der Waals surface area contributed by atoms with E-state index in [0.717, 1.165) is 37.8 Å². The molecule has 0 saturated carbocycles. The lowest BCUT2D eigenvalue weighted by molar-refractivity contribution is -0.157. The minimum Gasteiger partial charge on any atom is -0.456 e. The van der Waals surface area contributed by atoms with Gasteiger partial charge >= 0.3 is 5.97 Å². The quantitative estimate of drug-likeness (QED) is 0.226. The predicted octanol–water partition coefficient (Wildman–Crippen LogP) is 5.50. The molecule has 3 rings (SSSR count). The molecule has 0 bridgehead atoms. The molecular formula is C37H58N4O5. The van der Waals surface area contributed by atoms with Gasteiger partial charge in [-0.3, -0.25) is 19.3 Å². The Balaban J connectivity index is 1.74. The Hall–Kier alpha value is -3.20. The van der Waals surface area contributed by atoms with Crippen LogP contribution in [0.5, 0.6) is 0 Å². The lowest BCUT2D eigenvalue weighted by Gasteiger charge is -2.39. The summed E-state index contributed by atoms with van der Waals surface area (Å²) in [6.07, 6.45) is 6.24. The SMILES string of the molecule is CC[C@@H](OC(=O)[C@@H]1CCCN1C(=O)/C(C)=C/[C@H](C(C)C)N(C)C(=O)[C@@H](NC(=O)C1CCCCN1C(C)C)C(C)C)c1ccccc1. The van der Waals surface area contributed by atoms with Crippen LogP contribution in [0.15, 0.2) is 42.0 Å². The lowest BCUT2D eigenvalue weighted by atomic mass is 9.95. The second-order valence-corrected chi connectivity index (χ2v) is 14.0. The topological polar surface area (TPSA) is 99.3 Å². The van der Waals surface area contributed by atoms with Crippen LogP contribution in [0.1, 0.15) is 106 Å². The van der Waals surface area contributed by atoms with E-state index < -0.39 is 12.1 Å². The van der Waals surface area contributed by atoms with Gasteiger partial charge < -0.3 is 19.9 Å². The molecule has 9 heteroatoms. The van der Waals surface area contributed by atoms with E-state index in [4.69, 9.17) is 4.74 Å². The highest BCUT2D eigenvalue weighted by Gasteiger charge is 2.38. The monoisotopic (exact) mass is 638 g/mol. The van der Waals surface area contributed by atoms with E-state index in [1.807, 2.05) is 71.0 Å². The zero-order valence-electron chi connectivity index (χ0n) is 29.6. The molecule has 1 aromatic rings. The van der Waals surface area contributed by atoms with Crippen LogP contribution in [-0.4, -0.2) is 88.7 Å². The zero-order chi connectivity index (χ0) is 34.1. The van der Waals surface area contributed by atoms with Crippen LogP contribution < -0.4 is 5.32 Å². The van der Waals surface area contributed by atoms with Crippen molar-refractivity contribution in [2.75, 3.05) is 20.1 Å². The van der Waals surface area contributed by atoms with Crippen molar-refractivity contribution in [2.45, 2.75) is 130 Å². The van der Waals surface area contributed by atoms with E-state index in [0.29, 0.717) is 25.0 Å². The average molecular weight is 639 g/mol. The first-order valence-corrected chi connectivity index (χ1v) is 17.4. The van der Waals surface area contributed by atoms with Gasteiger partial charge in [-0.15, -0.1) is 0 Å². The molecule has 2 heterocycles. The summed E-state index contributed by atoms with van der Waals surface area (Å²) in [5, 5.41) is 3.10. The highest BCUT2D eigenvalue weighted by atomic mass is 16.5. The standard InChI is InChI=1S/C37H58N4O5/c1-10-32(28-17-12-11-13-18-28)46-37(45)30-20-16-22-41(30)35(43)27(8)23-31(24(2)3)39(9)36(44)33(25(4)5)38-34(42)29-19-14-15-21-40(29)26(6)7/h11-13,17-18,23-26,29-33H,10,14-16,19-22H2,1-9H3,(H,38,42)/b27-23+/t29?,30-,31+,32+,33-/m0/s1. The van der Waals surface area contributed by atoms with Gasteiger partial charge in [0.05, 0.1) is 12.1 Å². The van der Waals surface area contributed by atoms with Gasteiger partial charge in [0.1, 0.15) is 18.2 Å². The molecule has 3 amide bonds. The second-order valence-electron chi connectivity index (χ2n) is 14.0. The maximum atomic E-state index is 14.0. The first kappa shape index (κ1) is 37.3. The molecule has 2 aliphatic rings. The molecule has 0 radical (unpaired) electrons. The number of ether oxygens (including phenoxy) is 1. The number of nitrogens with one attached hydrogen (secondary N) is 1. The van der Waals surface area contributed by atoms with Crippen molar-refractivity contribution in [3.05, 3.63) is 47.5 Å². The number of piperidine rings is 1. The first-order valence-electron chi connectivity index (χ1n) is 17.4. The third-order valence-corrected chi connectivity index (χ3v) is 9.56. The van der Waals surface area contributed by atoms with E-state index in [2.05, 4.69) is 24.1 Å². The summed E-state index contributed by atoms with van der Waals surface area (Å²) in [5.41, 5.74) is 1.41. The van der Waals surface area contributed by atoms with Crippen LogP contribution in [0.2, 0.25) is 0 Å². The maximum absolute atomic E-state index is 14.0. The summed E-state index contributed by atoms with van der Waals surface area (Å²) in [6.45, 7) is 17.2. The molecule has 1 N–H and O–H groups in total. The van der Waals surface area contributed by atoms with E-state index in [1.54, 1.807) is 23.8 Å². The van der Waals surface area contributed by atoms with Gasteiger partial charge in [0.2, 0.25) is 17.7 Å². The van der Waals surface area contributed by atoms with Gasteiger partial charge in [0.25, 0.3) is 0 Å². The van der Waals surface area contributed by atoms with Gasteiger partial charge in [-0.05, 0) is 76.8 Å². The number of hydrogen-bond donors (Lipinski definition) is 1. The third kappa shape index (κ3) is 9.20. The summed E-state index contributed by atoms with van der Waals surface area (Å²) in [5.74, 6) is -0.995. The van der Waals surface area contributed by atoms with Crippen LogP contribution in [0.25, 0.3) is 0 Å².